The second-order valence-electron chi connectivity index (χ2n) is 5.03. The van der Waals surface area contributed by atoms with Gasteiger partial charge in [0.15, 0.2) is 0 Å². The largest absolute Gasteiger partial charge is 0.361 e. The number of hydrogen-bond donors (Lipinski definition) is 1. The molecular weight excluding hydrogens is 208 g/mol. The van der Waals surface area contributed by atoms with Crippen LogP contribution in [0, 0.1) is 0 Å². The highest BCUT2D eigenvalue weighted by atomic mass is 15.1. The number of rotatable bonds is 3. The predicted octanol–water partition coefficient (Wildman–Crippen LogP) is 1.64. The highest BCUT2D eigenvalue weighted by Gasteiger charge is 2.20. The van der Waals surface area contributed by atoms with Gasteiger partial charge in [-0.05, 0) is 63.9 Å². The van der Waals surface area contributed by atoms with E-state index in [-0.39, 0.29) is 0 Å². The van der Waals surface area contributed by atoms with Gasteiger partial charge in [0.25, 0.3) is 0 Å². The van der Waals surface area contributed by atoms with E-state index >= 15 is 0 Å². The van der Waals surface area contributed by atoms with Crippen molar-refractivity contribution >= 4 is 12.2 Å². The molecule has 2 heterocycles. The van der Waals surface area contributed by atoms with Crippen molar-refractivity contribution in [3.05, 3.63) is 22.3 Å². The summed E-state index contributed by atoms with van der Waals surface area (Å²) in [6.07, 6.45) is 11.8. The maximum atomic E-state index is 3.36. The fourth-order valence-corrected chi connectivity index (χ4v) is 2.95. The van der Waals surface area contributed by atoms with Crippen LogP contribution in [0.25, 0.3) is 12.2 Å². The summed E-state index contributed by atoms with van der Waals surface area (Å²) >= 11 is 0. The second kappa shape index (κ2) is 5.54. The minimum Gasteiger partial charge on any atom is -0.361 e. The number of hydrogen-bond acceptors (Lipinski definition) is 1. The monoisotopic (exact) mass is 232 g/mol. The van der Waals surface area contributed by atoms with Crippen LogP contribution in [0.3, 0.4) is 0 Å². The molecule has 0 bridgehead atoms. The summed E-state index contributed by atoms with van der Waals surface area (Å²) in [6, 6.07) is 0.795. The number of likely N-dealkylation sites (tertiary alicyclic amines) is 1. The summed E-state index contributed by atoms with van der Waals surface area (Å²) in [5.74, 6) is 0. The quantitative estimate of drug-likeness (QED) is 0.839. The molecule has 0 aliphatic carbocycles. The number of H-pyrrole nitrogens is 1. The Hall–Kier alpha value is -1.02. The van der Waals surface area contributed by atoms with Crippen LogP contribution >= 0.6 is 0 Å². The van der Waals surface area contributed by atoms with Crippen LogP contribution in [0.15, 0.2) is 6.20 Å². The van der Waals surface area contributed by atoms with Crippen LogP contribution < -0.4 is 10.6 Å². The number of aryl methyl sites for hydroxylation is 1. The van der Waals surface area contributed by atoms with E-state index in [9.17, 15) is 0 Å². The Balaban J connectivity index is 2.07. The molecule has 1 aromatic heterocycles. The third-order valence-electron chi connectivity index (χ3n) is 4.03. The molecule has 1 aliphatic rings. The van der Waals surface area contributed by atoms with Gasteiger partial charge in [-0.3, -0.25) is 0 Å². The molecule has 1 aliphatic heterocycles. The molecule has 1 N–H and O–H groups in total. The molecule has 1 unspecified atom stereocenters. The fraction of sp³-hybridized carbons (Fsp3) is 0.600. The second-order valence-corrected chi connectivity index (χ2v) is 5.03. The summed E-state index contributed by atoms with van der Waals surface area (Å²) in [7, 11) is 2.26. The van der Waals surface area contributed by atoms with Gasteiger partial charge in [-0.25, -0.2) is 0 Å². The molecule has 0 aromatic carbocycles. The lowest BCUT2D eigenvalue weighted by Crippen LogP contribution is -2.27. The van der Waals surface area contributed by atoms with Gasteiger partial charge in [-0.1, -0.05) is 12.2 Å². The van der Waals surface area contributed by atoms with Crippen LogP contribution in [-0.2, 0) is 6.42 Å². The molecule has 2 nitrogen and oxygen atoms in total. The summed E-state index contributed by atoms with van der Waals surface area (Å²) in [4.78, 5) is 5.87. The molecule has 2 heteroatoms. The van der Waals surface area contributed by atoms with Gasteiger partial charge in [0.1, 0.15) is 0 Å². The van der Waals surface area contributed by atoms with Gasteiger partial charge >= 0.3 is 0 Å². The number of aromatic nitrogens is 1. The molecule has 0 radical (unpaired) electrons. The van der Waals surface area contributed by atoms with Gasteiger partial charge in [0, 0.05) is 17.6 Å². The van der Waals surface area contributed by atoms with Gasteiger partial charge in [0.05, 0.1) is 0 Å². The van der Waals surface area contributed by atoms with Crippen LogP contribution in [-0.4, -0.2) is 29.5 Å². The molecule has 94 valence electrons. The van der Waals surface area contributed by atoms with Crippen molar-refractivity contribution in [2.24, 2.45) is 0 Å². The molecule has 2 rings (SSSR count). The van der Waals surface area contributed by atoms with Crippen molar-refractivity contribution in [3.8, 4) is 0 Å². The van der Waals surface area contributed by atoms with Gasteiger partial charge in [-0.15, -0.1) is 0 Å². The van der Waals surface area contributed by atoms with Crippen LogP contribution in [0.5, 0.6) is 0 Å². The summed E-state index contributed by atoms with van der Waals surface area (Å²) in [6.45, 7) is 5.49. The smallest absolute Gasteiger partial charge is 0.0410 e. The van der Waals surface area contributed by atoms with E-state index in [0.717, 1.165) is 6.04 Å². The van der Waals surface area contributed by atoms with Crippen LogP contribution in [0.2, 0.25) is 0 Å². The Kier molecular flexibility index (Phi) is 4.06. The zero-order chi connectivity index (χ0) is 12.3. The average Bonchev–Trinajstić information content (AvgIpc) is 2.92. The van der Waals surface area contributed by atoms with Gasteiger partial charge < -0.3 is 9.88 Å². The SMILES string of the molecule is CC=c1[nH]cc(CCC2CCCN2C)c1=CC. The molecular formula is C15H24N2. The molecule has 17 heavy (non-hydrogen) atoms. The normalized spacial score (nSPS) is 23.8. The Morgan fingerprint density at radius 2 is 2.24 bits per heavy atom. The minimum atomic E-state index is 0.795. The molecule has 0 saturated carbocycles. The first kappa shape index (κ1) is 12.4. The minimum absolute atomic E-state index is 0.795. The molecule has 1 saturated heterocycles. The Morgan fingerprint density at radius 3 is 2.82 bits per heavy atom. The zero-order valence-electron chi connectivity index (χ0n) is 11.3. The van der Waals surface area contributed by atoms with E-state index < -0.39 is 0 Å². The van der Waals surface area contributed by atoms with Crippen LogP contribution in [0.1, 0.15) is 38.7 Å². The number of nitrogens with zero attached hydrogens (tertiary/aromatic N) is 1. The fourth-order valence-electron chi connectivity index (χ4n) is 2.95. The predicted molar refractivity (Wildman–Crippen MR) is 74.3 cm³/mol. The zero-order valence-corrected chi connectivity index (χ0v) is 11.3. The van der Waals surface area contributed by atoms with E-state index in [2.05, 4.69) is 49.1 Å². The summed E-state index contributed by atoms with van der Waals surface area (Å²) < 4.78 is 0. The average molecular weight is 232 g/mol. The Labute approximate surface area is 104 Å². The van der Waals surface area contributed by atoms with E-state index in [1.165, 1.54) is 48.4 Å². The highest BCUT2D eigenvalue weighted by molar-refractivity contribution is 5.31. The first-order chi connectivity index (χ1) is 8.26. The van der Waals surface area contributed by atoms with E-state index in [1.807, 2.05) is 0 Å². The van der Waals surface area contributed by atoms with Gasteiger partial charge in [-0.2, -0.15) is 0 Å². The first-order valence-electron chi connectivity index (χ1n) is 6.75. The molecule has 1 atom stereocenters. The summed E-state index contributed by atoms with van der Waals surface area (Å²) in [5.41, 5.74) is 1.47. The lowest BCUT2D eigenvalue weighted by atomic mass is 10.0. The number of nitrogens with one attached hydrogen (secondary N) is 1. The van der Waals surface area contributed by atoms with E-state index in [4.69, 9.17) is 0 Å². The van der Waals surface area contributed by atoms with E-state index in [1.54, 1.807) is 0 Å². The van der Waals surface area contributed by atoms with Gasteiger partial charge in [0.2, 0.25) is 0 Å². The molecule has 1 aromatic rings. The maximum absolute atomic E-state index is 3.36. The Morgan fingerprint density at radius 1 is 1.41 bits per heavy atom. The van der Waals surface area contributed by atoms with E-state index in [0.29, 0.717) is 0 Å². The molecule has 0 amide bonds. The topological polar surface area (TPSA) is 19.0 Å². The highest BCUT2D eigenvalue weighted by Crippen LogP contribution is 2.18. The van der Waals surface area contributed by atoms with Crippen molar-refractivity contribution in [2.45, 2.75) is 45.6 Å². The Bertz CT molecular complexity index is 470. The third kappa shape index (κ3) is 2.63. The summed E-state index contributed by atoms with van der Waals surface area (Å²) in [5, 5.41) is 2.66. The van der Waals surface area contributed by atoms with Crippen molar-refractivity contribution in [2.75, 3.05) is 13.6 Å². The maximum Gasteiger partial charge on any atom is 0.0410 e. The molecule has 1 fully saturated rings. The number of aromatic amines is 1. The standard InChI is InChI=1S/C15H24N2/c1-4-14-12(11-16-15(14)5-2)8-9-13-7-6-10-17(13)3/h4-5,11,13,16H,6-10H2,1-3H3. The van der Waals surface area contributed by atoms with Crippen molar-refractivity contribution < 1.29 is 0 Å². The van der Waals surface area contributed by atoms with Crippen molar-refractivity contribution in [3.63, 3.8) is 0 Å². The lowest BCUT2D eigenvalue weighted by Gasteiger charge is -2.18. The molecule has 0 spiro atoms. The van der Waals surface area contributed by atoms with Crippen molar-refractivity contribution in [1.82, 2.24) is 9.88 Å². The van der Waals surface area contributed by atoms with Crippen molar-refractivity contribution in [1.29, 1.82) is 0 Å². The lowest BCUT2D eigenvalue weighted by molar-refractivity contribution is 0.296. The first-order valence-corrected chi connectivity index (χ1v) is 6.75. The third-order valence-corrected chi connectivity index (χ3v) is 4.03. The van der Waals surface area contributed by atoms with Crippen LogP contribution in [0.4, 0.5) is 0 Å².